The summed E-state index contributed by atoms with van der Waals surface area (Å²) in [6.07, 6.45) is 18.1. The van der Waals surface area contributed by atoms with E-state index < -0.39 is 20.3 Å². The molecule has 1 aliphatic heterocycles. The van der Waals surface area contributed by atoms with E-state index in [4.69, 9.17) is 0 Å². The number of fused-ring (bicyclic) bond motifs is 2. The van der Waals surface area contributed by atoms with Crippen LogP contribution in [0.5, 0.6) is 0 Å². The summed E-state index contributed by atoms with van der Waals surface area (Å²) in [6, 6.07) is 9.76. The number of benzene rings is 2. The summed E-state index contributed by atoms with van der Waals surface area (Å²) in [5, 5.41) is 0. The Morgan fingerprint density at radius 1 is 0.606 bits per heavy atom. The largest absolute Gasteiger partial charge is 1.00 e. The monoisotopic (exact) mass is 558 g/mol. The van der Waals surface area contributed by atoms with Gasteiger partial charge >= 0.3 is 195 Å². The third-order valence-electron chi connectivity index (χ3n) is 8.77. The Morgan fingerprint density at radius 2 is 0.970 bits per heavy atom. The normalized spacial score (nSPS) is 20.5. The van der Waals surface area contributed by atoms with Crippen molar-refractivity contribution in [3.05, 3.63) is 80.9 Å². The zero-order valence-corrected chi connectivity index (χ0v) is 24.7. The van der Waals surface area contributed by atoms with Crippen LogP contribution in [-0.4, -0.2) is 0 Å². The number of aryl methyl sites for hydroxylation is 4. The summed E-state index contributed by atoms with van der Waals surface area (Å²) in [5.41, 5.74) is 13.1. The smallest absolute Gasteiger partial charge is 1.00 e. The fourth-order valence-corrected chi connectivity index (χ4v) is 23.1. The van der Waals surface area contributed by atoms with E-state index in [1.807, 2.05) is 0 Å². The van der Waals surface area contributed by atoms with Gasteiger partial charge in [0.05, 0.1) is 0 Å². The van der Waals surface area contributed by atoms with Crippen molar-refractivity contribution in [3.8, 4) is 0 Å². The van der Waals surface area contributed by atoms with Crippen molar-refractivity contribution in [2.45, 2.75) is 81.7 Å². The molecule has 3 heteroatoms. The fourth-order valence-electron chi connectivity index (χ4n) is 7.20. The average Bonchev–Trinajstić information content (AvgIpc) is 3.55. The van der Waals surface area contributed by atoms with Gasteiger partial charge in [-0.15, -0.1) is 0 Å². The van der Waals surface area contributed by atoms with Gasteiger partial charge in [-0.25, -0.2) is 0 Å². The van der Waals surface area contributed by atoms with Crippen LogP contribution in [0, 0.1) is 0 Å². The summed E-state index contributed by atoms with van der Waals surface area (Å²) in [6.45, 7) is 9.38. The van der Waals surface area contributed by atoms with Crippen molar-refractivity contribution in [3.63, 3.8) is 0 Å². The van der Waals surface area contributed by atoms with E-state index in [-0.39, 0.29) is 24.8 Å². The SMILES string of the molecule is CCc1ccc(CC)c2c1C=C[CH]2[Zr+2]1([CH]2C=Cc3c(CC)ccc(CC)c32)[CH2]CC[CH2]1.[Cl-].[Cl-]. The zero-order chi connectivity index (χ0) is 21.6. The molecule has 176 valence electrons. The van der Waals surface area contributed by atoms with Gasteiger partial charge in [-0.3, -0.25) is 0 Å². The van der Waals surface area contributed by atoms with Crippen LogP contribution in [0.2, 0.25) is 8.26 Å². The van der Waals surface area contributed by atoms with E-state index in [9.17, 15) is 0 Å². The second-order valence-corrected chi connectivity index (χ2v) is 21.5. The van der Waals surface area contributed by atoms with Crippen LogP contribution in [0.1, 0.15) is 92.3 Å². The first-order valence-corrected chi connectivity index (χ1v) is 19.2. The molecular formula is C30H38Cl2Zr. The molecule has 0 aromatic heterocycles. The topological polar surface area (TPSA) is 0 Å². The number of rotatable bonds is 6. The van der Waals surface area contributed by atoms with Crippen LogP contribution in [-0.2, 0) is 45.9 Å². The minimum atomic E-state index is -2.60. The Balaban J connectivity index is 0.00000153. The van der Waals surface area contributed by atoms with E-state index in [0.29, 0.717) is 0 Å². The second-order valence-electron chi connectivity index (χ2n) is 9.95. The van der Waals surface area contributed by atoms with Gasteiger partial charge in [-0.05, 0) is 0 Å². The molecule has 5 rings (SSSR count). The quantitative estimate of drug-likeness (QED) is 0.510. The fraction of sp³-hybridized carbons (Fsp3) is 0.467. The average molecular weight is 561 g/mol. The summed E-state index contributed by atoms with van der Waals surface area (Å²) < 4.78 is 4.67. The number of hydrogen-bond donors (Lipinski definition) is 0. The van der Waals surface area contributed by atoms with Crippen LogP contribution < -0.4 is 24.8 Å². The van der Waals surface area contributed by atoms with Gasteiger partial charge in [0, 0.05) is 0 Å². The maximum Gasteiger partial charge on any atom is -1.00 e. The molecule has 0 N–H and O–H groups in total. The first kappa shape index (κ1) is 27.0. The van der Waals surface area contributed by atoms with Gasteiger partial charge < -0.3 is 24.8 Å². The van der Waals surface area contributed by atoms with E-state index in [0.717, 1.165) is 20.1 Å². The molecule has 33 heavy (non-hydrogen) atoms. The van der Waals surface area contributed by atoms with Gasteiger partial charge in [-0.2, -0.15) is 0 Å². The summed E-state index contributed by atoms with van der Waals surface area (Å²) in [5.74, 6) is 0. The Labute approximate surface area is 218 Å². The van der Waals surface area contributed by atoms with E-state index in [1.54, 1.807) is 52.8 Å². The predicted octanol–water partition coefficient (Wildman–Crippen LogP) is 2.56. The number of halogens is 2. The number of allylic oxidation sites excluding steroid dienone is 2. The second kappa shape index (κ2) is 11.0. The Morgan fingerprint density at radius 3 is 1.33 bits per heavy atom. The molecule has 2 aliphatic carbocycles. The maximum atomic E-state index is 2.70. The van der Waals surface area contributed by atoms with E-state index in [1.165, 1.54) is 25.7 Å². The van der Waals surface area contributed by atoms with Crippen molar-refractivity contribution >= 4 is 12.2 Å². The van der Waals surface area contributed by atoms with Crippen molar-refractivity contribution < 1.29 is 45.1 Å². The molecule has 2 unspecified atom stereocenters. The van der Waals surface area contributed by atoms with Crippen molar-refractivity contribution in [2.24, 2.45) is 0 Å². The molecule has 3 aliphatic rings. The molecule has 2 aromatic rings. The molecule has 2 aromatic carbocycles. The van der Waals surface area contributed by atoms with Gasteiger partial charge in [0.25, 0.3) is 0 Å². The summed E-state index contributed by atoms with van der Waals surface area (Å²) in [7, 11) is 0. The summed E-state index contributed by atoms with van der Waals surface area (Å²) in [4.78, 5) is 0. The summed E-state index contributed by atoms with van der Waals surface area (Å²) >= 11 is -2.60. The molecule has 0 saturated carbocycles. The molecule has 0 spiro atoms. The van der Waals surface area contributed by atoms with Crippen LogP contribution in [0.25, 0.3) is 12.2 Å². The molecule has 2 atom stereocenters. The Hall–Kier alpha value is -0.617. The van der Waals surface area contributed by atoms with Gasteiger partial charge in [-0.1, -0.05) is 0 Å². The van der Waals surface area contributed by atoms with Gasteiger partial charge in [0.2, 0.25) is 0 Å². The van der Waals surface area contributed by atoms with Crippen LogP contribution in [0.3, 0.4) is 0 Å². The van der Waals surface area contributed by atoms with Crippen molar-refractivity contribution in [2.75, 3.05) is 0 Å². The molecule has 0 bridgehead atoms. The Bertz CT molecular complexity index is 980. The molecule has 1 heterocycles. The molecule has 0 nitrogen and oxygen atoms in total. The van der Waals surface area contributed by atoms with Crippen molar-refractivity contribution in [1.29, 1.82) is 0 Å². The van der Waals surface area contributed by atoms with Crippen LogP contribution >= 0.6 is 0 Å². The molecular weight excluding hydrogens is 522 g/mol. The predicted molar refractivity (Wildman–Crippen MR) is 133 cm³/mol. The molecule has 0 amide bonds. The molecule has 0 radical (unpaired) electrons. The third kappa shape index (κ3) is 4.19. The Kier molecular flexibility index (Phi) is 8.97. The minimum Gasteiger partial charge on any atom is -1.00 e. The van der Waals surface area contributed by atoms with Crippen molar-refractivity contribution in [1.82, 2.24) is 0 Å². The standard InChI is InChI=1S/2C13H15.C4H8.2ClH.Zr/c2*1-3-10-8-9-11(4-2)13-7-5-6-12(10)13;1-3-4-2;;;/h2*5-9H,3-4H2,1-2H3;1-4H2;2*1H;/q;;;;;+2/p-2. The molecule has 1 fully saturated rings. The van der Waals surface area contributed by atoms with Crippen LogP contribution in [0.4, 0.5) is 0 Å². The number of hydrogen-bond acceptors (Lipinski definition) is 0. The van der Waals surface area contributed by atoms with Gasteiger partial charge in [0.1, 0.15) is 0 Å². The maximum absolute atomic E-state index is 2.70. The third-order valence-corrected chi connectivity index (χ3v) is 23.5. The van der Waals surface area contributed by atoms with E-state index >= 15 is 0 Å². The van der Waals surface area contributed by atoms with Gasteiger partial charge in [0.15, 0.2) is 0 Å². The first-order chi connectivity index (χ1) is 15.2. The van der Waals surface area contributed by atoms with E-state index in [2.05, 4.69) is 76.3 Å². The minimum absolute atomic E-state index is 0. The molecule has 1 saturated heterocycles. The first-order valence-electron chi connectivity index (χ1n) is 12.8. The van der Waals surface area contributed by atoms with Crippen LogP contribution in [0.15, 0.2) is 36.4 Å². The zero-order valence-electron chi connectivity index (χ0n) is 20.7.